The van der Waals surface area contributed by atoms with Crippen LogP contribution in [0.15, 0.2) is 53.4 Å². The summed E-state index contributed by atoms with van der Waals surface area (Å²) >= 11 is 1.42. The van der Waals surface area contributed by atoms with Gasteiger partial charge in [0.05, 0.1) is 24.6 Å². The van der Waals surface area contributed by atoms with E-state index in [2.05, 4.69) is 10.6 Å². The summed E-state index contributed by atoms with van der Waals surface area (Å²) in [6.45, 7) is 0.728. The van der Waals surface area contributed by atoms with Crippen molar-refractivity contribution < 1.29 is 19.1 Å². The Morgan fingerprint density at radius 3 is 2.65 bits per heavy atom. The Morgan fingerprint density at radius 1 is 1.15 bits per heavy atom. The van der Waals surface area contributed by atoms with Gasteiger partial charge in [-0.2, -0.15) is 0 Å². The second-order valence-corrected chi connectivity index (χ2v) is 6.91. The first-order chi connectivity index (χ1) is 12.7. The lowest BCUT2D eigenvalue weighted by Gasteiger charge is -2.23. The lowest BCUT2D eigenvalue weighted by molar-refractivity contribution is -0.124. The summed E-state index contributed by atoms with van der Waals surface area (Å²) in [7, 11) is 1.61. The first-order valence-corrected chi connectivity index (χ1v) is 9.14. The van der Waals surface area contributed by atoms with Gasteiger partial charge in [0, 0.05) is 11.3 Å². The Hall–Kier alpha value is -2.67. The van der Waals surface area contributed by atoms with E-state index in [0.717, 1.165) is 16.3 Å². The topological polar surface area (TPSA) is 76.7 Å². The van der Waals surface area contributed by atoms with Gasteiger partial charge in [-0.05, 0) is 36.4 Å². The molecule has 0 bridgehead atoms. The van der Waals surface area contributed by atoms with E-state index in [9.17, 15) is 9.59 Å². The van der Waals surface area contributed by atoms with Crippen molar-refractivity contribution in [2.75, 3.05) is 25.6 Å². The van der Waals surface area contributed by atoms with Crippen LogP contribution in [0, 0.1) is 0 Å². The number of carbonyl (C=O) groups excluding carboxylic acids is 2. The van der Waals surface area contributed by atoms with Gasteiger partial charge >= 0.3 is 0 Å². The first kappa shape index (κ1) is 18.1. The van der Waals surface area contributed by atoms with Gasteiger partial charge in [0.25, 0.3) is 0 Å². The van der Waals surface area contributed by atoms with Crippen molar-refractivity contribution in [1.82, 2.24) is 5.32 Å². The summed E-state index contributed by atoms with van der Waals surface area (Å²) in [5.41, 5.74) is 0.798. The number of nitrogens with one attached hydrogen (secondary N) is 2. The molecule has 0 spiro atoms. The number of thioether (sulfide) groups is 1. The van der Waals surface area contributed by atoms with Gasteiger partial charge < -0.3 is 20.1 Å². The normalized spacial score (nSPS) is 15.6. The Labute approximate surface area is 156 Å². The predicted octanol–water partition coefficient (Wildman–Crippen LogP) is 2.69. The minimum absolute atomic E-state index is 0.132. The number of hydrogen-bond acceptors (Lipinski definition) is 5. The Balaban J connectivity index is 1.41. The van der Waals surface area contributed by atoms with Crippen molar-refractivity contribution in [3.05, 3.63) is 48.5 Å². The maximum absolute atomic E-state index is 12.1. The minimum Gasteiger partial charge on any atom is -0.497 e. The molecule has 0 unspecified atom stereocenters. The fourth-order valence-electron chi connectivity index (χ4n) is 2.50. The predicted molar refractivity (Wildman–Crippen MR) is 101 cm³/mol. The van der Waals surface area contributed by atoms with Gasteiger partial charge in [0.1, 0.15) is 18.1 Å². The minimum atomic E-state index is -0.424. The highest BCUT2D eigenvalue weighted by Crippen LogP contribution is 2.36. The maximum Gasteiger partial charge on any atom is 0.238 e. The van der Waals surface area contributed by atoms with Crippen LogP contribution in [-0.4, -0.2) is 37.3 Å². The number of ether oxygens (including phenoxy) is 2. The molecule has 2 aromatic carbocycles. The van der Waals surface area contributed by atoms with E-state index in [4.69, 9.17) is 9.47 Å². The standard InChI is InChI=1S/C19H20N2O4S/c1-24-13-6-8-14(9-7-13)25-11-10-20-18(22)12-17-19(23)21-15-4-2-3-5-16(15)26-17/h2-9,17H,10-12H2,1H3,(H,20,22)(H,21,23)/t17-/m0/s1. The van der Waals surface area contributed by atoms with Gasteiger partial charge in [0.2, 0.25) is 11.8 Å². The molecule has 2 amide bonds. The van der Waals surface area contributed by atoms with Crippen LogP contribution in [0.4, 0.5) is 5.69 Å². The molecule has 0 aliphatic carbocycles. The van der Waals surface area contributed by atoms with Crippen molar-refractivity contribution in [3.63, 3.8) is 0 Å². The molecule has 3 rings (SSSR count). The van der Waals surface area contributed by atoms with Gasteiger partial charge in [-0.25, -0.2) is 0 Å². The summed E-state index contributed by atoms with van der Waals surface area (Å²) in [6.07, 6.45) is 0.132. The highest BCUT2D eigenvalue weighted by molar-refractivity contribution is 8.01. The Morgan fingerprint density at radius 2 is 1.88 bits per heavy atom. The Bertz CT molecular complexity index is 779. The average Bonchev–Trinajstić information content (AvgIpc) is 2.66. The second kappa shape index (κ2) is 8.62. The van der Waals surface area contributed by atoms with E-state index >= 15 is 0 Å². The average molecular weight is 372 g/mol. The summed E-state index contributed by atoms with van der Waals surface area (Å²) in [6, 6.07) is 14.8. The highest BCUT2D eigenvalue weighted by atomic mass is 32.2. The smallest absolute Gasteiger partial charge is 0.238 e. The van der Waals surface area contributed by atoms with E-state index in [-0.39, 0.29) is 18.2 Å². The van der Waals surface area contributed by atoms with Crippen LogP contribution in [0.25, 0.3) is 0 Å². The molecule has 1 aliphatic heterocycles. The van der Waals surface area contributed by atoms with Crippen molar-refractivity contribution in [2.45, 2.75) is 16.6 Å². The quantitative estimate of drug-likeness (QED) is 0.731. The van der Waals surface area contributed by atoms with Gasteiger partial charge in [-0.15, -0.1) is 11.8 Å². The number of fused-ring (bicyclic) bond motifs is 1. The van der Waals surface area contributed by atoms with Gasteiger partial charge in [-0.3, -0.25) is 9.59 Å². The number of carbonyl (C=O) groups is 2. The van der Waals surface area contributed by atoms with Crippen LogP contribution in [-0.2, 0) is 9.59 Å². The van der Waals surface area contributed by atoms with Crippen LogP contribution < -0.4 is 20.1 Å². The zero-order valence-corrected chi connectivity index (χ0v) is 15.2. The fraction of sp³-hybridized carbons (Fsp3) is 0.263. The summed E-state index contributed by atoms with van der Waals surface area (Å²) in [5.74, 6) is 1.16. The number of amides is 2. The van der Waals surface area contributed by atoms with Gasteiger partial charge in [0.15, 0.2) is 0 Å². The molecule has 0 saturated heterocycles. The molecule has 1 atom stereocenters. The molecule has 0 aromatic heterocycles. The molecule has 0 fully saturated rings. The SMILES string of the molecule is COc1ccc(OCCNC(=O)C[C@@H]2Sc3ccccc3NC2=O)cc1. The molecule has 0 saturated carbocycles. The van der Waals surface area contributed by atoms with Crippen LogP contribution in [0.5, 0.6) is 11.5 Å². The summed E-state index contributed by atoms with van der Waals surface area (Å²) in [5, 5.41) is 5.20. The number of anilines is 1. The number of methoxy groups -OCH3 is 1. The van der Waals surface area contributed by atoms with E-state index in [1.165, 1.54) is 11.8 Å². The monoisotopic (exact) mass is 372 g/mol. The molecule has 1 heterocycles. The van der Waals surface area contributed by atoms with Crippen molar-refractivity contribution in [1.29, 1.82) is 0 Å². The van der Waals surface area contributed by atoms with Crippen LogP contribution >= 0.6 is 11.8 Å². The zero-order valence-electron chi connectivity index (χ0n) is 14.4. The van der Waals surface area contributed by atoms with Gasteiger partial charge in [-0.1, -0.05) is 12.1 Å². The third kappa shape index (κ3) is 4.70. The lowest BCUT2D eigenvalue weighted by atomic mass is 10.2. The number of para-hydroxylation sites is 1. The number of rotatable bonds is 7. The molecule has 2 aromatic rings. The highest BCUT2D eigenvalue weighted by Gasteiger charge is 2.28. The molecule has 0 radical (unpaired) electrons. The third-order valence-electron chi connectivity index (χ3n) is 3.83. The van der Waals surface area contributed by atoms with Crippen LogP contribution in [0.1, 0.15) is 6.42 Å². The summed E-state index contributed by atoms with van der Waals surface area (Å²) in [4.78, 5) is 25.2. The van der Waals surface area contributed by atoms with E-state index in [1.54, 1.807) is 19.2 Å². The van der Waals surface area contributed by atoms with E-state index in [0.29, 0.717) is 18.9 Å². The van der Waals surface area contributed by atoms with Crippen molar-refractivity contribution >= 4 is 29.3 Å². The molecule has 26 heavy (non-hydrogen) atoms. The van der Waals surface area contributed by atoms with E-state index in [1.807, 2.05) is 36.4 Å². The molecular weight excluding hydrogens is 352 g/mol. The molecule has 6 nitrogen and oxygen atoms in total. The van der Waals surface area contributed by atoms with Crippen LogP contribution in [0.2, 0.25) is 0 Å². The molecule has 7 heteroatoms. The second-order valence-electron chi connectivity index (χ2n) is 5.67. The number of hydrogen-bond donors (Lipinski definition) is 2. The lowest BCUT2D eigenvalue weighted by Crippen LogP contribution is -2.36. The van der Waals surface area contributed by atoms with Crippen LogP contribution in [0.3, 0.4) is 0 Å². The Kier molecular flexibility index (Phi) is 6.01. The van der Waals surface area contributed by atoms with Crippen molar-refractivity contribution in [2.24, 2.45) is 0 Å². The number of benzene rings is 2. The molecule has 1 aliphatic rings. The summed E-state index contributed by atoms with van der Waals surface area (Å²) < 4.78 is 10.6. The third-order valence-corrected chi connectivity index (χ3v) is 5.10. The maximum atomic E-state index is 12.1. The van der Waals surface area contributed by atoms with E-state index < -0.39 is 5.25 Å². The first-order valence-electron chi connectivity index (χ1n) is 8.26. The largest absolute Gasteiger partial charge is 0.497 e. The molecule has 136 valence electrons. The van der Waals surface area contributed by atoms with Crippen molar-refractivity contribution in [3.8, 4) is 11.5 Å². The fourth-order valence-corrected chi connectivity index (χ4v) is 3.61. The molecule has 2 N–H and O–H groups in total. The zero-order chi connectivity index (χ0) is 18.4. The molecular formula is C19H20N2O4S.